The summed E-state index contributed by atoms with van der Waals surface area (Å²) < 4.78 is 0. The van der Waals surface area contributed by atoms with Gasteiger partial charge in [0, 0.05) is 6.04 Å². The van der Waals surface area contributed by atoms with Crippen molar-refractivity contribution in [2.75, 3.05) is 6.54 Å². The third-order valence-corrected chi connectivity index (χ3v) is 5.30. The fraction of sp³-hybridized carbons (Fsp3) is 0.700. The predicted octanol–water partition coefficient (Wildman–Crippen LogP) is 5.51. The van der Waals surface area contributed by atoms with Gasteiger partial charge in [-0.05, 0) is 55.2 Å². The van der Waals surface area contributed by atoms with E-state index in [0.717, 1.165) is 24.8 Å². The van der Waals surface area contributed by atoms with E-state index in [4.69, 9.17) is 0 Å². The molecule has 1 fully saturated rings. The third-order valence-electron chi connectivity index (χ3n) is 5.30. The second-order valence-corrected chi connectivity index (χ2v) is 6.72. The summed E-state index contributed by atoms with van der Waals surface area (Å²) in [6.45, 7) is 7.97. The van der Waals surface area contributed by atoms with Crippen LogP contribution in [0.25, 0.3) is 0 Å². The molecule has 0 radical (unpaired) electrons. The molecule has 0 bridgehead atoms. The molecule has 2 rings (SSSR count). The molecule has 1 aliphatic carbocycles. The largest absolute Gasteiger partial charge is 0.310 e. The highest BCUT2D eigenvalue weighted by molar-refractivity contribution is 5.25. The molecule has 0 saturated heterocycles. The zero-order valence-electron chi connectivity index (χ0n) is 14.2. The Morgan fingerprint density at radius 2 is 1.67 bits per heavy atom. The van der Waals surface area contributed by atoms with E-state index < -0.39 is 0 Å². The van der Waals surface area contributed by atoms with Crippen LogP contribution in [0.1, 0.15) is 76.5 Å². The second kappa shape index (κ2) is 8.58. The molecule has 21 heavy (non-hydrogen) atoms. The Labute approximate surface area is 131 Å². The Bertz CT molecular complexity index is 387. The molecule has 0 spiro atoms. The Kier molecular flexibility index (Phi) is 6.76. The summed E-state index contributed by atoms with van der Waals surface area (Å²) in [6.07, 6.45) is 9.37. The minimum absolute atomic E-state index is 0.564. The summed E-state index contributed by atoms with van der Waals surface area (Å²) in [5, 5.41) is 3.83. The standard InChI is InChI=1S/C20H33N/c1-4-15-21-20(18-11-7-16(5-2)8-12-18)19-13-9-17(6-3)10-14-19/h7-8,11-12,17,19-21H,4-6,9-10,13-15H2,1-3H3. The molecule has 1 aromatic rings. The molecule has 118 valence electrons. The van der Waals surface area contributed by atoms with E-state index in [1.54, 1.807) is 0 Å². The first-order valence-electron chi connectivity index (χ1n) is 9.10. The Morgan fingerprint density at radius 1 is 1.00 bits per heavy atom. The van der Waals surface area contributed by atoms with Crippen LogP contribution in [-0.2, 0) is 6.42 Å². The number of hydrogen-bond acceptors (Lipinski definition) is 1. The number of hydrogen-bond donors (Lipinski definition) is 1. The van der Waals surface area contributed by atoms with Gasteiger partial charge in [0.1, 0.15) is 0 Å². The summed E-state index contributed by atoms with van der Waals surface area (Å²) >= 11 is 0. The van der Waals surface area contributed by atoms with Gasteiger partial charge in [0.15, 0.2) is 0 Å². The van der Waals surface area contributed by atoms with Crippen molar-refractivity contribution in [2.45, 2.75) is 71.8 Å². The second-order valence-electron chi connectivity index (χ2n) is 6.72. The van der Waals surface area contributed by atoms with E-state index in [9.17, 15) is 0 Å². The summed E-state index contributed by atoms with van der Waals surface area (Å²) in [7, 11) is 0. The van der Waals surface area contributed by atoms with Crippen molar-refractivity contribution in [3.05, 3.63) is 35.4 Å². The average molecular weight is 287 g/mol. The molecule has 0 amide bonds. The summed E-state index contributed by atoms with van der Waals surface area (Å²) in [5.41, 5.74) is 2.95. The lowest BCUT2D eigenvalue weighted by Gasteiger charge is -2.34. The van der Waals surface area contributed by atoms with Gasteiger partial charge in [0.2, 0.25) is 0 Å². The Balaban J connectivity index is 2.06. The van der Waals surface area contributed by atoms with Crippen molar-refractivity contribution in [1.29, 1.82) is 0 Å². The predicted molar refractivity (Wildman–Crippen MR) is 92.6 cm³/mol. The van der Waals surface area contributed by atoms with Gasteiger partial charge in [-0.2, -0.15) is 0 Å². The van der Waals surface area contributed by atoms with Crippen molar-refractivity contribution in [3.8, 4) is 0 Å². The van der Waals surface area contributed by atoms with Gasteiger partial charge in [-0.3, -0.25) is 0 Å². The summed E-state index contributed by atoms with van der Waals surface area (Å²) in [6, 6.07) is 9.91. The third kappa shape index (κ3) is 4.57. The molecule has 0 aliphatic heterocycles. The maximum atomic E-state index is 3.83. The molecule has 1 saturated carbocycles. The fourth-order valence-corrected chi connectivity index (χ4v) is 3.75. The highest BCUT2D eigenvalue weighted by Crippen LogP contribution is 2.38. The van der Waals surface area contributed by atoms with Crippen LogP contribution in [0.5, 0.6) is 0 Å². The smallest absolute Gasteiger partial charge is 0.0348 e. The zero-order chi connectivity index (χ0) is 15.1. The first-order valence-corrected chi connectivity index (χ1v) is 9.10. The summed E-state index contributed by atoms with van der Waals surface area (Å²) in [5.74, 6) is 1.81. The normalized spacial score (nSPS) is 24.0. The van der Waals surface area contributed by atoms with Crippen LogP contribution in [-0.4, -0.2) is 6.54 Å². The van der Waals surface area contributed by atoms with Crippen molar-refractivity contribution >= 4 is 0 Å². The molecule has 1 nitrogen and oxygen atoms in total. The fourth-order valence-electron chi connectivity index (χ4n) is 3.75. The first-order chi connectivity index (χ1) is 10.3. The SMILES string of the molecule is CCCNC(c1ccc(CC)cc1)C1CCC(CC)CC1. The highest BCUT2D eigenvalue weighted by Gasteiger charge is 2.27. The van der Waals surface area contributed by atoms with E-state index in [1.165, 1.54) is 49.7 Å². The number of rotatable bonds is 7. The van der Waals surface area contributed by atoms with E-state index in [2.05, 4.69) is 50.4 Å². The van der Waals surface area contributed by atoms with Crippen LogP contribution in [0.2, 0.25) is 0 Å². The Hall–Kier alpha value is -0.820. The number of aryl methyl sites for hydroxylation is 1. The Morgan fingerprint density at radius 3 is 2.19 bits per heavy atom. The van der Waals surface area contributed by atoms with E-state index in [0.29, 0.717) is 6.04 Å². The van der Waals surface area contributed by atoms with Gasteiger partial charge in [0.25, 0.3) is 0 Å². The lowest BCUT2D eigenvalue weighted by atomic mass is 9.76. The molecule has 1 aliphatic rings. The van der Waals surface area contributed by atoms with Crippen molar-refractivity contribution in [3.63, 3.8) is 0 Å². The van der Waals surface area contributed by atoms with Crippen molar-refractivity contribution in [2.24, 2.45) is 11.8 Å². The topological polar surface area (TPSA) is 12.0 Å². The van der Waals surface area contributed by atoms with Crippen LogP contribution in [0.15, 0.2) is 24.3 Å². The molecular weight excluding hydrogens is 254 g/mol. The van der Waals surface area contributed by atoms with Crippen molar-refractivity contribution < 1.29 is 0 Å². The first kappa shape index (κ1) is 16.5. The van der Waals surface area contributed by atoms with Gasteiger partial charge in [-0.15, -0.1) is 0 Å². The van der Waals surface area contributed by atoms with Crippen LogP contribution in [0.4, 0.5) is 0 Å². The molecular formula is C20H33N. The maximum absolute atomic E-state index is 3.83. The van der Waals surface area contributed by atoms with E-state index >= 15 is 0 Å². The van der Waals surface area contributed by atoms with Gasteiger partial charge >= 0.3 is 0 Å². The molecule has 0 heterocycles. The summed E-state index contributed by atoms with van der Waals surface area (Å²) in [4.78, 5) is 0. The monoisotopic (exact) mass is 287 g/mol. The zero-order valence-corrected chi connectivity index (χ0v) is 14.2. The molecule has 1 aromatic carbocycles. The maximum Gasteiger partial charge on any atom is 0.0348 e. The quantitative estimate of drug-likeness (QED) is 0.697. The number of benzene rings is 1. The van der Waals surface area contributed by atoms with Crippen LogP contribution in [0.3, 0.4) is 0 Å². The van der Waals surface area contributed by atoms with Gasteiger partial charge < -0.3 is 5.32 Å². The molecule has 1 N–H and O–H groups in total. The lowest BCUT2D eigenvalue weighted by molar-refractivity contribution is 0.219. The minimum atomic E-state index is 0.564. The molecule has 1 unspecified atom stereocenters. The lowest BCUT2D eigenvalue weighted by Crippen LogP contribution is -2.31. The van der Waals surface area contributed by atoms with Crippen LogP contribution >= 0.6 is 0 Å². The van der Waals surface area contributed by atoms with Crippen LogP contribution < -0.4 is 5.32 Å². The average Bonchev–Trinajstić information content (AvgIpc) is 2.56. The van der Waals surface area contributed by atoms with Gasteiger partial charge in [-0.1, -0.05) is 64.3 Å². The van der Waals surface area contributed by atoms with Crippen molar-refractivity contribution in [1.82, 2.24) is 5.32 Å². The highest BCUT2D eigenvalue weighted by atomic mass is 14.9. The van der Waals surface area contributed by atoms with Gasteiger partial charge in [-0.25, -0.2) is 0 Å². The molecule has 0 aromatic heterocycles. The van der Waals surface area contributed by atoms with Crippen LogP contribution in [0, 0.1) is 11.8 Å². The van der Waals surface area contributed by atoms with E-state index in [1.807, 2.05) is 0 Å². The van der Waals surface area contributed by atoms with E-state index in [-0.39, 0.29) is 0 Å². The molecule has 1 atom stereocenters. The molecule has 1 heteroatoms. The number of nitrogens with one attached hydrogen (secondary N) is 1. The minimum Gasteiger partial charge on any atom is -0.310 e. The van der Waals surface area contributed by atoms with Gasteiger partial charge in [0.05, 0.1) is 0 Å².